The van der Waals surface area contributed by atoms with Gasteiger partial charge in [0.2, 0.25) is 5.91 Å². The molecule has 0 radical (unpaired) electrons. The van der Waals surface area contributed by atoms with Crippen molar-refractivity contribution in [3.05, 3.63) is 22.4 Å². The number of thiophene rings is 1. The van der Waals surface area contributed by atoms with Crippen molar-refractivity contribution in [2.75, 3.05) is 32.7 Å². The summed E-state index contributed by atoms with van der Waals surface area (Å²) in [5, 5.41) is 5.45. The lowest BCUT2D eigenvalue weighted by Crippen LogP contribution is -2.45. The molecule has 3 rings (SSSR count). The summed E-state index contributed by atoms with van der Waals surface area (Å²) in [6.07, 6.45) is 3.23. The summed E-state index contributed by atoms with van der Waals surface area (Å²) < 4.78 is 0. The zero-order chi connectivity index (χ0) is 13.8. The van der Waals surface area contributed by atoms with Crippen LogP contribution in [0.1, 0.15) is 24.1 Å². The molecular weight excluding hydrogens is 270 g/mol. The number of rotatable bonds is 3. The maximum absolute atomic E-state index is 12.4. The molecule has 0 aromatic carbocycles. The van der Waals surface area contributed by atoms with Gasteiger partial charge in [0.15, 0.2) is 0 Å². The van der Waals surface area contributed by atoms with Crippen LogP contribution in [0.4, 0.5) is 0 Å². The van der Waals surface area contributed by atoms with Crippen LogP contribution in [0.25, 0.3) is 0 Å². The first kappa shape index (κ1) is 14.0. The van der Waals surface area contributed by atoms with Crippen LogP contribution in [0.3, 0.4) is 0 Å². The molecule has 1 amide bonds. The van der Waals surface area contributed by atoms with Gasteiger partial charge in [-0.15, -0.1) is 11.3 Å². The van der Waals surface area contributed by atoms with Crippen LogP contribution in [0.5, 0.6) is 0 Å². The van der Waals surface area contributed by atoms with E-state index < -0.39 is 0 Å². The second-order valence-electron chi connectivity index (χ2n) is 5.68. The lowest BCUT2D eigenvalue weighted by Gasteiger charge is -2.24. The standard InChI is InChI=1S/C15H23N3OS/c19-15(14-5-1-6-16-14)18-8-3-7-17(9-10-18)12-13-4-2-11-20-13/h2,4,11,14,16H,1,3,5-10,12H2/t14-/m1/s1. The molecule has 0 unspecified atom stereocenters. The Morgan fingerprint density at radius 3 is 3.00 bits per heavy atom. The average molecular weight is 293 g/mol. The van der Waals surface area contributed by atoms with Crippen molar-refractivity contribution in [1.29, 1.82) is 0 Å². The molecule has 1 atom stereocenters. The number of hydrogen-bond donors (Lipinski definition) is 1. The molecule has 0 saturated carbocycles. The molecule has 110 valence electrons. The van der Waals surface area contributed by atoms with Gasteiger partial charge in [0.25, 0.3) is 0 Å². The molecule has 4 nitrogen and oxygen atoms in total. The van der Waals surface area contributed by atoms with Gasteiger partial charge in [0.1, 0.15) is 0 Å². The summed E-state index contributed by atoms with van der Waals surface area (Å²) in [6.45, 7) is 5.91. The normalized spacial score (nSPS) is 24.8. The number of nitrogens with zero attached hydrogens (tertiary/aromatic N) is 2. The Labute approximate surface area is 124 Å². The quantitative estimate of drug-likeness (QED) is 0.918. The molecule has 1 N–H and O–H groups in total. The van der Waals surface area contributed by atoms with Gasteiger partial charge in [-0.3, -0.25) is 9.69 Å². The number of hydrogen-bond acceptors (Lipinski definition) is 4. The highest BCUT2D eigenvalue weighted by Crippen LogP contribution is 2.15. The lowest BCUT2D eigenvalue weighted by molar-refractivity contribution is -0.132. The number of amides is 1. The Balaban J connectivity index is 1.52. The molecule has 2 aliphatic rings. The van der Waals surface area contributed by atoms with Crippen LogP contribution in [-0.4, -0.2) is 54.5 Å². The molecule has 2 fully saturated rings. The van der Waals surface area contributed by atoms with Crippen molar-refractivity contribution >= 4 is 17.2 Å². The topological polar surface area (TPSA) is 35.6 Å². The van der Waals surface area contributed by atoms with E-state index in [1.54, 1.807) is 0 Å². The molecule has 2 saturated heterocycles. The van der Waals surface area contributed by atoms with Crippen LogP contribution in [0, 0.1) is 0 Å². The average Bonchev–Trinajstić information content (AvgIpc) is 3.10. The molecule has 5 heteroatoms. The lowest BCUT2D eigenvalue weighted by atomic mass is 10.2. The molecule has 20 heavy (non-hydrogen) atoms. The van der Waals surface area contributed by atoms with E-state index in [-0.39, 0.29) is 6.04 Å². The Bertz CT molecular complexity index is 428. The molecule has 1 aromatic rings. The minimum Gasteiger partial charge on any atom is -0.340 e. The largest absolute Gasteiger partial charge is 0.340 e. The van der Waals surface area contributed by atoms with Crippen molar-refractivity contribution in [3.63, 3.8) is 0 Å². The van der Waals surface area contributed by atoms with Gasteiger partial charge < -0.3 is 10.2 Å². The van der Waals surface area contributed by atoms with E-state index >= 15 is 0 Å². The summed E-state index contributed by atoms with van der Waals surface area (Å²) in [5.74, 6) is 0.320. The van der Waals surface area contributed by atoms with E-state index in [9.17, 15) is 4.79 Å². The summed E-state index contributed by atoms with van der Waals surface area (Å²) in [4.78, 5) is 18.4. The molecule has 2 aliphatic heterocycles. The van der Waals surface area contributed by atoms with Crippen molar-refractivity contribution in [1.82, 2.24) is 15.1 Å². The molecule has 0 bridgehead atoms. The van der Waals surface area contributed by atoms with Gasteiger partial charge in [-0.1, -0.05) is 6.07 Å². The second-order valence-corrected chi connectivity index (χ2v) is 6.72. The van der Waals surface area contributed by atoms with Gasteiger partial charge in [-0.05, 0) is 37.3 Å². The van der Waals surface area contributed by atoms with Crippen LogP contribution in [-0.2, 0) is 11.3 Å². The predicted molar refractivity (Wildman–Crippen MR) is 81.8 cm³/mol. The molecule has 0 spiro atoms. The summed E-state index contributed by atoms with van der Waals surface area (Å²) in [7, 11) is 0. The first-order valence-corrected chi connectivity index (χ1v) is 8.48. The molecule has 0 aliphatic carbocycles. The van der Waals surface area contributed by atoms with E-state index in [0.29, 0.717) is 5.91 Å². The van der Waals surface area contributed by atoms with Gasteiger partial charge in [-0.2, -0.15) is 0 Å². The maximum Gasteiger partial charge on any atom is 0.239 e. The van der Waals surface area contributed by atoms with Crippen LogP contribution in [0.15, 0.2) is 17.5 Å². The Morgan fingerprint density at radius 1 is 1.30 bits per heavy atom. The fourth-order valence-corrected chi connectivity index (χ4v) is 3.83. The third-order valence-corrected chi connectivity index (χ3v) is 5.08. The number of carbonyl (C=O) groups is 1. The summed E-state index contributed by atoms with van der Waals surface area (Å²) in [5.41, 5.74) is 0. The van der Waals surface area contributed by atoms with E-state index in [2.05, 4.69) is 32.6 Å². The van der Waals surface area contributed by atoms with Crippen molar-refractivity contribution < 1.29 is 4.79 Å². The molecular formula is C15H23N3OS. The smallest absolute Gasteiger partial charge is 0.239 e. The predicted octanol–water partition coefficient (Wildman–Crippen LogP) is 1.53. The highest BCUT2D eigenvalue weighted by atomic mass is 32.1. The minimum absolute atomic E-state index is 0.0823. The Hall–Kier alpha value is -0.910. The van der Waals surface area contributed by atoms with E-state index in [4.69, 9.17) is 0 Å². The Morgan fingerprint density at radius 2 is 2.25 bits per heavy atom. The zero-order valence-electron chi connectivity index (χ0n) is 11.9. The highest BCUT2D eigenvalue weighted by molar-refractivity contribution is 7.09. The van der Waals surface area contributed by atoms with Crippen LogP contribution < -0.4 is 5.32 Å². The minimum atomic E-state index is 0.0823. The van der Waals surface area contributed by atoms with E-state index in [1.807, 2.05) is 11.3 Å². The first-order valence-electron chi connectivity index (χ1n) is 7.60. The first-order chi connectivity index (χ1) is 9.83. The van der Waals surface area contributed by atoms with Crippen LogP contribution >= 0.6 is 11.3 Å². The maximum atomic E-state index is 12.4. The van der Waals surface area contributed by atoms with Crippen molar-refractivity contribution in [3.8, 4) is 0 Å². The third kappa shape index (κ3) is 3.40. The fraction of sp³-hybridized carbons (Fsp3) is 0.667. The Kier molecular flexibility index (Phi) is 4.70. The van der Waals surface area contributed by atoms with Gasteiger partial charge in [-0.25, -0.2) is 0 Å². The summed E-state index contributed by atoms with van der Waals surface area (Å²) >= 11 is 1.82. The number of carbonyl (C=O) groups excluding carboxylic acids is 1. The highest BCUT2D eigenvalue weighted by Gasteiger charge is 2.28. The monoisotopic (exact) mass is 293 g/mol. The van der Waals surface area contributed by atoms with Crippen molar-refractivity contribution in [2.24, 2.45) is 0 Å². The van der Waals surface area contributed by atoms with Gasteiger partial charge in [0.05, 0.1) is 6.04 Å². The van der Waals surface area contributed by atoms with Gasteiger partial charge in [0, 0.05) is 37.6 Å². The van der Waals surface area contributed by atoms with E-state index in [0.717, 1.165) is 58.5 Å². The third-order valence-electron chi connectivity index (χ3n) is 4.22. The SMILES string of the molecule is O=C([C@H]1CCCN1)N1CCCN(Cc2cccs2)CC1. The van der Waals surface area contributed by atoms with Crippen LogP contribution in [0.2, 0.25) is 0 Å². The fourth-order valence-electron chi connectivity index (χ4n) is 3.09. The van der Waals surface area contributed by atoms with Crippen molar-refractivity contribution in [2.45, 2.75) is 31.8 Å². The van der Waals surface area contributed by atoms with Gasteiger partial charge >= 0.3 is 0 Å². The second kappa shape index (κ2) is 6.70. The number of nitrogens with one attached hydrogen (secondary N) is 1. The summed E-state index contributed by atoms with van der Waals surface area (Å²) in [6, 6.07) is 4.39. The molecule has 3 heterocycles. The molecule has 1 aromatic heterocycles. The zero-order valence-corrected chi connectivity index (χ0v) is 12.7. The van der Waals surface area contributed by atoms with E-state index in [1.165, 1.54) is 4.88 Å².